The summed E-state index contributed by atoms with van der Waals surface area (Å²) < 4.78 is 30.2. The standard InChI is InChI=1S/C43H89N2O6P/c1-7-9-11-13-15-17-19-21-22-23-25-27-29-31-33-35-38-49-41-42(51-52(47,48)50-39-37-45(4,5)6)40-44(3)43(46)36-34-32-30-28-26-24-20-18-16-14-12-10-8-2/h42H,7-41H2,1-6H3/p+1. The predicted molar refractivity (Wildman–Crippen MR) is 222 cm³/mol. The van der Waals surface area contributed by atoms with E-state index in [0.717, 1.165) is 25.7 Å². The lowest BCUT2D eigenvalue weighted by molar-refractivity contribution is -0.870. The van der Waals surface area contributed by atoms with Crippen LogP contribution in [0.2, 0.25) is 0 Å². The number of hydrogen-bond donors (Lipinski definition) is 1. The molecule has 0 radical (unpaired) electrons. The van der Waals surface area contributed by atoms with Gasteiger partial charge in [0.2, 0.25) is 5.91 Å². The average Bonchev–Trinajstić information content (AvgIpc) is 3.08. The van der Waals surface area contributed by atoms with Crippen LogP contribution in [0.15, 0.2) is 0 Å². The first-order chi connectivity index (χ1) is 25.0. The zero-order valence-electron chi connectivity index (χ0n) is 35.7. The van der Waals surface area contributed by atoms with Crippen molar-refractivity contribution in [3.63, 3.8) is 0 Å². The van der Waals surface area contributed by atoms with E-state index in [2.05, 4.69) is 13.8 Å². The van der Waals surface area contributed by atoms with Crippen LogP contribution in [0.25, 0.3) is 0 Å². The van der Waals surface area contributed by atoms with Gasteiger partial charge in [0.05, 0.1) is 27.7 Å². The van der Waals surface area contributed by atoms with Crippen molar-refractivity contribution in [1.29, 1.82) is 0 Å². The van der Waals surface area contributed by atoms with Crippen molar-refractivity contribution in [3.05, 3.63) is 0 Å². The number of carbonyl (C=O) groups is 1. The van der Waals surface area contributed by atoms with Gasteiger partial charge in [-0.25, -0.2) is 4.57 Å². The van der Waals surface area contributed by atoms with Gasteiger partial charge in [-0.15, -0.1) is 0 Å². The van der Waals surface area contributed by atoms with E-state index in [9.17, 15) is 14.3 Å². The summed E-state index contributed by atoms with van der Waals surface area (Å²) in [6.45, 7) is 6.15. The molecular weight excluding hydrogens is 671 g/mol. The summed E-state index contributed by atoms with van der Waals surface area (Å²) in [6.07, 6.45) is 37.4. The van der Waals surface area contributed by atoms with Crippen molar-refractivity contribution in [2.45, 2.75) is 213 Å². The van der Waals surface area contributed by atoms with Gasteiger partial charge in [0.15, 0.2) is 0 Å². The SMILES string of the molecule is CCCCCCCCCCCCCCCCCCOCC(CN(C)C(=O)CCCCCCCCCCCCCCC)OP(=O)(O)OCC[N+](C)(C)C. The van der Waals surface area contributed by atoms with Crippen LogP contribution >= 0.6 is 7.82 Å². The maximum absolute atomic E-state index is 12.9. The number of nitrogens with zero attached hydrogens (tertiary/aromatic N) is 2. The zero-order valence-corrected chi connectivity index (χ0v) is 36.6. The predicted octanol–water partition coefficient (Wildman–Crippen LogP) is 12.4. The topological polar surface area (TPSA) is 85.3 Å². The second-order valence-corrected chi connectivity index (χ2v) is 18.1. The molecule has 0 aliphatic heterocycles. The Labute approximate surface area is 324 Å². The van der Waals surface area contributed by atoms with Crippen LogP contribution in [0.1, 0.15) is 206 Å². The Morgan fingerprint density at radius 2 is 0.962 bits per heavy atom. The number of likely N-dealkylation sites (N-methyl/N-ethyl adjacent to an activating group) is 2. The minimum absolute atomic E-state index is 0.0354. The van der Waals surface area contributed by atoms with Gasteiger partial charge < -0.3 is 19.0 Å². The third-order valence-electron chi connectivity index (χ3n) is 10.1. The van der Waals surface area contributed by atoms with E-state index in [-0.39, 0.29) is 25.7 Å². The molecular formula is C43H90N2O6P+. The van der Waals surface area contributed by atoms with Gasteiger partial charge in [-0.3, -0.25) is 13.8 Å². The summed E-state index contributed by atoms with van der Waals surface area (Å²) in [5, 5.41) is 0. The summed E-state index contributed by atoms with van der Waals surface area (Å²) in [7, 11) is 3.45. The molecule has 2 atom stereocenters. The number of rotatable bonds is 41. The molecule has 312 valence electrons. The summed E-state index contributed by atoms with van der Waals surface area (Å²) in [5.74, 6) is 0.0354. The van der Waals surface area contributed by atoms with E-state index < -0.39 is 13.9 Å². The molecule has 0 bridgehead atoms. The second-order valence-electron chi connectivity index (χ2n) is 16.7. The van der Waals surface area contributed by atoms with E-state index in [0.29, 0.717) is 24.1 Å². The van der Waals surface area contributed by atoms with E-state index in [1.165, 1.54) is 161 Å². The van der Waals surface area contributed by atoms with Crippen LogP contribution in [-0.2, 0) is 23.1 Å². The Balaban J connectivity index is 4.28. The highest BCUT2D eigenvalue weighted by molar-refractivity contribution is 7.47. The number of phosphoric ester groups is 1. The highest BCUT2D eigenvalue weighted by Gasteiger charge is 2.29. The molecule has 0 rings (SSSR count). The van der Waals surface area contributed by atoms with Crippen molar-refractivity contribution in [3.8, 4) is 0 Å². The summed E-state index contributed by atoms with van der Waals surface area (Å²) in [6, 6.07) is 0. The molecule has 9 heteroatoms. The smallest absolute Gasteiger partial charge is 0.379 e. The van der Waals surface area contributed by atoms with Gasteiger partial charge in [0.1, 0.15) is 19.3 Å². The maximum Gasteiger partial charge on any atom is 0.472 e. The van der Waals surface area contributed by atoms with Crippen LogP contribution in [-0.4, -0.2) is 87.4 Å². The summed E-state index contributed by atoms with van der Waals surface area (Å²) in [5.41, 5.74) is 0. The zero-order chi connectivity index (χ0) is 38.6. The Bertz CT molecular complexity index is 824. The highest BCUT2D eigenvalue weighted by Crippen LogP contribution is 2.44. The molecule has 0 saturated heterocycles. The Kier molecular flexibility index (Phi) is 35.8. The van der Waals surface area contributed by atoms with Crippen LogP contribution in [0.3, 0.4) is 0 Å². The van der Waals surface area contributed by atoms with Gasteiger partial charge >= 0.3 is 7.82 Å². The minimum atomic E-state index is -4.29. The van der Waals surface area contributed by atoms with Crippen LogP contribution in [0.4, 0.5) is 0 Å². The monoisotopic (exact) mass is 762 g/mol. The van der Waals surface area contributed by atoms with Gasteiger partial charge in [-0.05, 0) is 12.8 Å². The molecule has 0 aromatic heterocycles. The van der Waals surface area contributed by atoms with Crippen LogP contribution in [0.5, 0.6) is 0 Å². The van der Waals surface area contributed by atoms with Crippen LogP contribution in [0, 0.1) is 0 Å². The number of hydrogen-bond acceptors (Lipinski definition) is 5. The quantitative estimate of drug-likeness (QED) is 0.0379. The number of ether oxygens (including phenoxy) is 1. The van der Waals surface area contributed by atoms with Crippen LogP contribution < -0.4 is 0 Å². The molecule has 1 N–H and O–H groups in total. The van der Waals surface area contributed by atoms with E-state index in [1.54, 1.807) is 11.9 Å². The first kappa shape index (κ1) is 51.5. The summed E-state index contributed by atoms with van der Waals surface area (Å²) in [4.78, 5) is 25.0. The average molecular weight is 762 g/mol. The van der Waals surface area contributed by atoms with Gasteiger partial charge in [-0.2, -0.15) is 0 Å². The molecule has 0 heterocycles. The van der Waals surface area contributed by atoms with Crippen molar-refractivity contribution < 1.29 is 32.5 Å². The molecule has 2 unspecified atom stereocenters. The fourth-order valence-corrected chi connectivity index (χ4v) is 7.50. The normalized spacial score (nSPS) is 13.8. The number of amides is 1. The fraction of sp³-hybridized carbons (Fsp3) is 0.977. The van der Waals surface area contributed by atoms with E-state index >= 15 is 0 Å². The first-order valence-electron chi connectivity index (χ1n) is 22.3. The summed E-state index contributed by atoms with van der Waals surface area (Å²) >= 11 is 0. The van der Waals surface area contributed by atoms with Crippen molar-refractivity contribution in [1.82, 2.24) is 4.90 Å². The van der Waals surface area contributed by atoms with Crippen molar-refractivity contribution in [2.75, 3.05) is 61.1 Å². The van der Waals surface area contributed by atoms with Crippen molar-refractivity contribution >= 4 is 13.7 Å². The fourth-order valence-electron chi connectivity index (χ4n) is 6.62. The maximum atomic E-state index is 12.9. The molecule has 0 aromatic rings. The third kappa shape index (κ3) is 37.8. The molecule has 0 fully saturated rings. The lowest BCUT2D eigenvalue weighted by Gasteiger charge is -2.27. The molecule has 0 aromatic carbocycles. The van der Waals surface area contributed by atoms with E-state index in [1.807, 2.05) is 21.1 Å². The van der Waals surface area contributed by atoms with Gasteiger partial charge in [0.25, 0.3) is 0 Å². The molecule has 0 aliphatic carbocycles. The third-order valence-corrected chi connectivity index (χ3v) is 11.2. The molecule has 0 spiro atoms. The van der Waals surface area contributed by atoms with Gasteiger partial charge in [-0.1, -0.05) is 187 Å². The second kappa shape index (κ2) is 36.2. The lowest BCUT2D eigenvalue weighted by Crippen LogP contribution is -2.38. The largest absolute Gasteiger partial charge is 0.472 e. The number of quaternary nitrogens is 1. The minimum Gasteiger partial charge on any atom is -0.379 e. The first-order valence-corrected chi connectivity index (χ1v) is 23.8. The Hall–Kier alpha value is -0.500. The molecule has 8 nitrogen and oxygen atoms in total. The number of unbranched alkanes of at least 4 members (excludes halogenated alkanes) is 27. The Morgan fingerprint density at radius 1 is 0.596 bits per heavy atom. The van der Waals surface area contributed by atoms with E-state index in [4.69, 9.17) is 13.8 Å². The molecule has 0 saturated carbocycles. The van der Waals surface area contributed by atoms with Crippen molar-refractivity contribution in [2.24, 2.45) is 0 Å². The van der Waals surface area contributed by atoms with Gasteiger partial charge in [0, 0.05) is 26.6 Å². The number of carbonyl (C=O) groups excluding carboxylic acids is 1. The lowest BCUT2D eigenvalue weighted by atomic mass is 10.0. The molecule has 0 aliphatic rings. The molecule has 1 amide bonds. The molecule has 52 heavy (non-hydrogen) atoms. The highest BCUT2D eigenvalue weighted by atomic mass is 31.2. The Morgan fingerprint density at radius 3 is 1.35 bits per heavy atom. The number of phosphoric acid groups is 1.